The molecule has 3 aromatic rings. The molecule has 0 aromatic heterocycles. The zero-order valence-electron chi connectivity index (χ0n) is 17.8. The minimum absolute atomic E-state index is 0.203. The number of ether oxygens (including phenoxy) is 1. The van der Waals surface area contributed by atoms with E-state index in [9.17, 15) is 9.59 Å². The SMILES string of the molecule is Cc1ccc(C)c(NC(=O)COc2c(Br)cc(Br)cc2/C=N/NC(=O)c2ccc(Cl)cc2)c1. The summed E-state index contributed by atoms with van der Waals surface area (Å²) < 4.78 is 7.18. The highest BCUT2D eigenvalue weighted by molar-refractivity contribution is 9.11. The van der Waals surface area contributed by atoms with Gasteiger partial charge >= 0.3 is 0 Å². The van der Waals surface area contributed by atoms with E-state index in [-0.39, 0.29) is 18.4 Å². The standard InChI is InChI=1S/C24H20Br2ClN3O3/c1-14-3-4-15(2)21(9-14)29-22(31)13-33-23-17(10-18(25)11-20(23)26)12-28-30-24(32)16-5-7-19(27)8-6-16/h3-12H,13H2,1-2H3,(H,29,31)(H,30,32)/b28-12+. The van der Waals surface area contributed by atoms with Crippen molar-refractivity contribution in [2.75, 3.05) is 11.9 Å². The van der Waals surface area contributed by atoms with E-state index >= 15 is 0 Å². The fourth-order valence-corrected chi connectivity index (χ4v) is 4.35. The molecule has 0 saturated carbocycles. The number of hydrogen-bond donors (Lipinski definition) is 2. The number of carbonyl (C=O) groups excluding carboxylic acids is 2. The molecule has 0 aliphatic heterocycles. The van der Waals surface area contributed by atoms with Gasteiger partial charge in [0.2, 0.25) is 0 Å². The summed E-state index contributed by atoms with van der Waals surface area (Å²) in [4.78, 5) is 24.7. The Hall–Kier alpha value is -2.68. The van der Waals surface area contributed by atoms with Gasteiger partial charge in [0.15, 0.2) is 6.61 Å². The maximum Gasteiger partial charge on any atom is 0.271 e. The van der Waals surface area contributed by atoms with E-state index < -0.39 is 0 Å². The van der Waals surface area contributed by atoms with Gasteiger partial charge in [-0.2, -0.15) is 5.10 Å². The van der Waals surface area contributed by atoms with E-state index in [1.807, 2.05) is 32.0 Å². The Kier molecular flexibility index (Phi) is 8.66. The van der Waals surface area contributed by atoms with Crippen LogP contribution in [0.5, 0.6) is 5.75 Å². The van der Waals surface area contributed by atoms with Gasteiger partial charge in [-0.3, -0.25) is 9.59 Å². The molecule has 170 valence electrons. The van der Waals surface area contributed by atoms with E-state index in [1.54, 1.807) is 36.4 Å². The maximum absolute atomic E-state index is 12.5. The van der Waals surface area contributed by atoms with Gasteiger partial charge in [0.25, 0.3) is 11.8 Å². The van der Waals surface area contributed by atoms with Crippen LogP contribution in [0.2, 0.25) is 5.02 Å². The van der Waals surface area contributed by atoms with Crippen LogP contribution in [0.3, 0.4) is 0 Å². The minimum atomic E-state index is -0.382. The zero-order chi connectivity index (χ0) is 24.0. The van der Waals surface area contributed by atoms with E-state index in [1.165, 1.54) is 6.21 Å². The first-order valence-corrected chi connectivity index (χ1v) is 11.8. The van der Waals surface area contributed by atoms with E-state index in [2.05, 4.69) is 47.7 Å². The van der Waals surface area contributed by atoms with Crippen molar-refractivity contribution >= 4 is 67.2 Å². The summed E-state index contributed by atoms with van der Waals surface area (Å²) >= 11 is 12.7. The van der Waals surface area contributed by atoms with Crippen LogP contribution >= 0.6 is 43.5 Å². The topological polar surface area (TPSA) is 79.8 Å². The van der Waals surface area contributed by atoms with E-state index in [0.29, 0.717) is 26.4 Å². The molecule has 0 radical (unpaired) electrons. The number of anilines is 1. The summed E-state index contributed by atoms with van der Waals surface area (Å²) in [5.74, 6) is -0.261. The molecule has 33 heavy (non-hydrogen) atoms. The summed E-state index contributed by atoms with van der Waals surface area (Å²) in [5, 5.41) is 7.42. The Bertz CT molecular complexity index is 1210. The number of benzene rings is 3. The highest BCUT2D eigenvalue weighted by Crippen LogP contribution is 2.32. The molecule has 2 N–H and O–H groups in total. The van der Waals surface area contributed by atoms with Crippen molar-refractivity contribution in [2.45, 2.75) is 13.8 Å². The van der Waals surface area contributed by atoms with Crippen molar-refractivity contribution in [3.63, 3.8) is 0 Å². The number of aryl methyl sites for hydroxylation is 2. The number of amides is 2. The number of nitrogens with zero attached hydrogens (tertiary/aromatic N) is 1. The van der Waals surface area contributed by atoms with Crippen molar-refractivity contribution in [3.05, 3.63) is 90.8 Å². The second-order valence-electron chi connectivity index (χ2n) is 7.17. The molecule has 0 fully saturated rings. The van der Waals surface area contributed by atoms with Crippen molar-refractivity contribution in [2.24, 2.45) is 5.10 Å². The first-order valence-electron chi connectivity index (χ1n) is 9.81. The fraction of sp³-hybridized carbons (Fsp3) is 0.125. The quantitative estimate of drug-likeness (QED) is 0.251. The number of hydrazone groups is 1. The van der Waals surface area contributed by atoms with Crippen molar-refractivity contribution in [1.82, 2.24) is 5.43 Å². The summed E-state index contributed by atoms with van der Waals surface area (Å²) in [6.45, 7) is 3.68. The van der Waals surface area contributed by atoms with Crippen LogP contribution in [0.1, 0.15) is 27.0 Å². The molecule has 0 aliphatic carbocycles. The Morgan fingerprint density at radius 1 is 1.06 bits per heavy atom. The molecule has 0 spiro atoms. The smallest absolute Gasteiger partial charge is 0.271 e. The lowest BCUT2D eigenvalue weighted by Crippen LogP contribution is -2.21. The Labute approximate surface area is 213 Å². The molecular weight excluding hydrogens is 574 g/mol. The lowest BCUT2D eigenvalue weighted by Gasteiger charge is -2.13. The Balaban J connectivity index is 1.69. The zero-order valence-corrected chi connectivity index (χ0v) is 21.7. The van der Waals surface area contributed by atoms with Crippen molar-refractivity contribution in [1.29, 1.82) is 0 Å². The van der Waals surface area contributed by atoms with Gasteiger partial charge in [0.05, 0.1) is 10.7 Å². The number of nitrogens with one attached hydrogen (secondary N) is 2. The van der Waals surface area contributed by atoms with Gasteiger partial charge in [-0.05, 0) is 83.4 Å². The molecular formula is C24H20Br2ClN3O3. The molecule has 3 rings (SSSR count). The van der Waals surface area contributed by atoms with Crippen LogP contribution in [0.15, 0.2) is 68.6 Å². The molecule has 0 atom stereocenters. The second-order valence-corrected chi connectivity index (χ2v) is 9.37. The third-order valence-corrected chi connectivity index (χ3v) is 5.83. The lowest BCUT2D eigenvalue weighted by molar-refractivity contribution is -0.118. The number of rotatable bonds is 7. The second kappa shape index (κ2) is 11.4. The summed E-state index contributed by atoms with van der Waals surface area (Å²) in [7, 11) is 0. The van der Waals surface area contributed by atoms with Crippen LogP contribution in [0, 0.1) is 13.8 Å². The van der Waals surface area contributed by atoms with Gasteiger partial charge in [-0.25, -0.2) is 5.43 Å². The van der Waals surface area contributed by atoms with Gasteiger partial charge in [-0.15, -0.1) is 0 Å². The molecule has 0 saturated heterocycles. The predicted molar refractivity (Wildman–Crippen MR) is 138 cm³/mol. The molecule has 0 bridgehead atoms. The van der Waals surface area contributed by atoms with Gasteiger partial charge in [-0.1, -0.05) is 39.7 Å². The summed E-state index contributed by atoms with van der Waals surface area (Å²) in [6, 6.07) is 15.9. The molecule has 9 heteroatoms. The number of carbonyl (C=O) groups is 2. The first kappa shape index (κ1) is 25.0. The van der Waals surface area contributed by atoms with Crippen LogP contribution in [-0.2, 0) is 4.79 Å². The molecule has 0 unspecified atom stereocenters. The highest BCUT2D eigenvalue weighted by Gasteiger charge is 2.13. The lowest BCUT2D eigenvalue weighted by atomic mass is 10.1. The van der Waals surface area contributed by atoms with Gasteiger partial charge < -0.3 is 10.1 Å². The number of hydrogen-bond acceptors (Lipinski definition) is 4. The van der Waals surface area contributed by atoms with Crippen LogP contribution in [0.25, 0.3) is 0 Å². The Morgan fingerprint density at radius 2 is 1.79 bits per heavy atom. The normalized spacial score (nSPS) is 10.8. The molecule has 3 aromatic carbocycles. The number of halogens is 3. The van der Waals surface area contributed by atoms with Crippen LogP contribution < -0.4 is 15.5 Å². The minimum Gasteiger partial charge on any atom is -0.482 e. The van der Waals surface area contributed by atoms with Crippen LogP contribution in [0.4, 0.5) is 5.69 Å². The predicted octanol–water partition coefficient (Wildman–Crippen LogP) is 6.26. The maximum atomic E-state index is 12.5. The highest BCUT2D eigenvalue weighted by atomic mass is 79.9. The molecule has 6 nitrogen and oxygen atoms in total. The first-order chi connectivity index (χ1) is 15.7. The van der Waals surface area contributed by atoms with E-state index in [4.69, 9.17) is 16.3 Å². The average Bonchev–Trinajstić information content (AvgIpc) is 2.76. The Morgan fingerprint density at radius 3 is 2.52 bits per heavy atom. The monoisotopic (exact) mass is 591 g/mol. The van der Waals surface area contributed by atoms with Crippen molar-refractivity contribution in [3.8, 4) is 5.75 Å². The summed E-state index contributed by atoms with van der Waals surface area (Å²) in [6.07, 6.45) is 1.45. The van der Waals surface area contributed by atoms with Crippen molar-refractivity contribution < 1.29 is 14.3 Å². The fourth-order valence-electron chi connectivity index (χ4n) is 2.85. The summed E-state index contributed by atoms with van der Waals surface area (Å²) in [5.41, 5.74) is 6.20. The molecule has 0 aliphatic rings. The van der Waals surface area contributed by atoms with Gasteiger partial charge in [0, 0.05) is 26.3 Å². The third kappa shape index (κ3) is 7.15. The largest absolute Gasteiger partial charge is 0.482 e. The third-order valence-electron chi connectivity index (χ3n) is 4.53. The molecule has 2 amide bonds. The average molecular weight is 594 g/mol. The molecule has 0 heterocycles. The van der Waals surface area contributed by atoms with Gasteiger partial charge in [0.1, 0.15) is 5.75 Å². The van der Waals surface area contributed by atoms with E-state index in [0.717, 1.165) is 21.3 Å². The van der Waals surface area contributed by atoms with Crippen LogP contribution in [-0.4, -0.2) is 24.6 Å².